The molecule has 0 aromatic carbocycles. The van der Waals surface area contributed by atoms with E-state index in [9.17, 15) is 23.1 Å². The molecule has 0 spiro atoms. The van der Waals surface area contributed by atoms with Crippen molar-refractivity contribution in [2.75, 3.05) is 7.11 Å². The zero-order valence-corrected chi connectivity index (χ0v) is 9.67. The molecule has 1 rings (SSSR count). The number of hydrogen-bond acceptors (Lipinski definition) is 5. The lowest BCUT2D eigenvalue weighted by molar-refractivity contribution is -0.275. The summed E-state index contributed by atoms with van der Waals surface area (Å²) in [6.45, 7) is 0. The Hall–Kier alpha value is -1.70. The van der Waals surface area contributed by atoms with Crippen LogP contribution in [0.3, 0.4) is 0 Å². The molecular weight excluding hydrogens is 279 g/mol. The molecule has 0 aliphatic heterocycles. The van der Waals surface area contributed by atoms with Gasteiger partial charge in [-0.1, -0.05) is 0 Å². The minimum atomic E-state index is -4.96. The Morgan fingerprint density at radius 2 is 2.17 bits per heavy atom. The number of methoxy groups -OCH3 is 1. The number of aromatic hydroxyl groups is 1. The first-order valence-electron chi connectivity index (χ1n) is 4.41. The molecule has 0 saturated heterocycles. The smallest absolute Gasteiger partial charge is 0.505 e. The van der Waals surface area contributed by atoms with Crippen LogP contribution >= 0.6 is 11.6 Å². The fraction of sp³-hybridized carbons (Fsp3) is 0.333. The van der Waals surface area contributed by atoms with Crippen LogP contribution in [0.5, 0.6) is 11.5 Å². The zero-order valence-electron chi connectivity index (χ0n) is 8.92. The number of carbonyl (C=O) groups excluding carboxylic acids is 1. The Labute approximate surface area is 104 Å². The predicted octanol–water partition coefficient (Wildman–Crippen LogP) is 2.21. The van der Waals surface area contributed by atoms with Gasteiger partial charge in [-0.15, -0.1) is 24.8 Å². The molecule has 0 unspecified atom stereocenters. The maximum Gasteiger partial charge on any atom is 0.573 e. The highest BCUT2D eigenvalue weighted by Gasteiger charge is 2.33. The second kappa shape index (κ2) is 5.30. The quantitative estimate of drug-likeness (QED) is 0.681. The molecule has 0 bridgehead atoms. The van der Waals surface area contributed by atoms with Gasteiger partial charge in [-0.2, -0.15) is 0 Å². The van der Waals surface area contributed by atoms with Gasteiger partial charge in [0, 0.05) is 6.07 Å². The van der Waals surface area contributed by atoms with Crippen molar-refractivity contribution in [2.24, 2.45) is 0 Å². The van der Waals surface area contributed by atoms with Gasteiger partial charge in [-0.25, -0.2) is 9.78 Å². The summed E-state index contributed by atoms with van der Waals surface area (Å²) < 4.78 is 44.0. The van der Waals surface area contributed by atoms with Crippen LogP contribution in [-0.4, -0.2) is 29.5 Å². The van der Waals surface area contributed by atoms with Crippen LogP contribution in [0.1, 0.15) is 16.2 Å². The van der Waals surface area contributed by atoms with E-state index >= 15 is 0 Å². The number of halogens is 4. The summed E-state index contributed by atoms with van der Waals surface area (Å²) in [6.07, 6.45) is -4.96. The van der Waals surface area contributed by atoms with Crippen molar-refractivity contribution in [2.45, 2.75) is 12.2 Å². The maximum atomic E-state index is 12.0. The molecule has 0 fully saturated rings. The van der Waals surface area contributed by atoms with Crippen LogP contribution in [0, 0.1) is 0 Å². The molecule has 0 amide bonds. The van der Waals surface area contributed by atoms with E-state index in [1.54, 1.807) is 0 Å². The van der Waals surface area contributed by atoms with E-state index in [2.05, 4.69) is 14.5 Å². The van der Waals surface area contributed by atoms with Crippen molar-refractivity contribution in [3.05, 3.63) is 17.5 Å². The van der Waals surface area contributed by atoms with Gasteiger partial charge in [0.25, 0.3) is 0 Å². The first-order valence-corrected chi connectivity index (χ1v) is 4.95. The van der Waals surface area contributed by atoms with Crippen molar-refractivity contribution < 1.29 is 32.5 Å². The summed E-state index contributed by atoms with van der Waals surface area (Å²) in [4.78, 5) is 14.6. The molecule has 1 aromatic rings. The number of ether oxygens (including phenoxy) is 2. The predicted molar refractivity (Wildman–Crippen MR) is 53.5 cm³/mol. The number of carbonyl (C=O) groups is 1. The third-order valence-corrected chi connectivity index (χ3v) is 2.03. The Balaban J connectivity index is 3.23. The molecule has 9 heteroatoms. The highest BCUT2D eigenvalue weighted by molar-refractivity contribution is 6.17. The topological polar surface area (TPSA) is 68.7 Å². The van der Waals surface area contributed by atoms with E-state index in [0.717, 1.165) is 7.11 Å². The number of aromatic nitrogens is 1. The van der Waals surface area contributed by atoms with Gasteiger partial charge in [0.1, 0.15) is 0 Å². The molecular formula is C9H7ClF3NO4. The molecule has 18 heavy (non-hydrogen) atoms. The van der Waals surface area contributed by atoms with E-state index < -0.39 is 35.4 Å². The van der Waals surface area contributed by atoms with E-state index in [4.69, 9.17) is 11.6 Å². The lowest BCUT2D eigenvalue weighted by Gasteiger charge is -2.13. The van der Waals surface area contributed by atoms with Crippen LogP contribution in [0.4, 0.5) is 13.2 Å². The lowest BCUT2D eigenvalue weighted by Crippen LogP contribution is -2.19. The number of esters is 1. The van der Waals surface area contributed by atoms with E-state index in [1.165, 1.54) is 0 Å². The summed E-state index contributed by atoms with van der Waals surface area (Å²) in [7, 11) is 1.03. The van der Waals surface area contributed by atoms with E-state index in [0.29, 0.717) is 6.07 Å². The van der Waals surface area contributed by atoms with Crippen LogP contribution in [0.2, 0.25) is 0 Å². The molecule has 0 radical (unpaired) electrons. The molecule has 0 aliphatic carbocycles. The van der Waals surface area contributed by atoms with E-state index in [1.807, 2.05) is 0 Å². The van der Waals surface area contributed by atoms with Gasteiger partial charge in [0.05, 0.1) is 18.7 Å². The van der Waals surface area contributed by atoms with Gasteiger partial charge in [-0.05, 0) is 0 Å². The number of hydrogen-bond donors (Lipinski definition) is 1. The zero-order chi connectivity index (χ0) is 13.9. The molecule has 1 N–H and O–H groups in total. The van der Waals surface area contributed by atoms with Crippen molar-refractivity contribution in [1.29, 1.82) is 0 Å². The molecule has 1 aromatic heterocycles. The fourth-order valence-corrected chi connectivity index (χ4v) is 1.27. The monoisotopic (exact) mass is 285 g/mol. The van der Waals surface area contributed by atoms with Crippen molar-refractivity contribution in [3.8, 4) is 11.5 Å². The van der Waals surface area contributed by atoms with Gasteiger partial charge in [0.2, 0.25) is 0 Å². The standard InChI is InChI=1S/C9H7ClF3NO4/c1-17-8(16)7-5(15)2-6(4(3-10)14-7)18-9(11,12)13/h2,15H,3H2,1H3. The van der Waals surface area contributed by atoms with Crippen molar-refractivity contribution in [1.82, 2.24) is 4.98 Å². The minimum absolute atomic E-state index is 0.341. The lowest BCUT2D eigenvalue weighted by atomic mass is 10.2. The van der Waals surface area contributed by atoms with Crippen molar-refractivity contribution >= 4 is 17.6 Å². The first kappa shape index (κ1) is 14.4. The Morgan fingerprint density at radius 1 is 1.56 bits per heavy atom. The van der Waals surface area contributed by atoms with E-state index in [-0.39, 0.29) is 5.69 Å². The number of rotatable bonds is 3. The number of nitrogens with zero attached hydrogens (tertiary/aromatic N) is 1. The first-order chi connectivity index (χ1) is 8.28. The highest BCUT2D eigenvalue weighted by atomic mass is 35.5. The number of alkyl halides is 4. The van der Waals surface area contributed by atoms with Gasteiger partial charge in [-0.3, -0.25) is 0 Å². The molecule has 0 aliphatic rings. The molecule has 100 valence electrons. The summed E-state index contributed by atoms with van der Waals surface area (Å²) in [5.41, 5.74) is -0.880. The average molecular weight is 286 g/mol. The summed E-state index contributed by atoms with van der Waals surface area (Å²) in [5.74, 6) is -3.01. The molecule has 0 saturated carbocycles. The Bertz CT molecular complexity index is 464. The second-order valence-electron chi connectivity index (χ2n) is 2.97. The van der Waals surface area contributed by atoms with Crippen LogP contribution in [0.25, 0.3) is 0 Å². The summed E-state index contributed by atoms with van der Waals surface area (Å²) >= 11 is 5.39. The minimum Gasteiger partial charge on any atom is -0.505 e. The fourth-order valence-electron chi connectivity index (χ4n) is 1.08. The van der Waals surface area contributed by atoms with Gasteiger partial charge >= 0.3 is 12.3 Å². The third kappa shape index (κ3) is 3.39. The molecule has 0 atom stereocenters. The molecule has 1 heterocycles. The van der Waals surface area contributed by atoms with Crippen LogP contribution in [-0.2, 0) is 10.6 Å². The summed E-state index contributed by atoms with van der Waals surface area (Å²) in [5, 5.41) is 9.36. The normalized spacial score (nSPS) is 11.2. The SMILES string of the molecule is COC(=O)c1nc(CCl)c(OC(F)(F)F)cc1O. The largest absolute Gasteiger partial charge is 0.573 e. The maximum absolute atomic E-state index is 12.0. The highest BCUT2D eigenvalue weighted by Crippen LogP contribution is 2.31. The third-order valence-electron chi connectivity index (χ3n) is 1.77. The Morgan fingerprint density at radius 3 is 2.61 bits per heavy atom. The van der Waals surface area contributed by atoms with Crippen molar-refractivity contribution in [3.63, 3.8) is 0 Å². The number of pyridine rings is 1. The Kier molecular flexibility index (Phi) is 4.23. The average Bonchev–Trinajstić information content (AvgIpc) is 2.26. The van der Waals surface area contributed by atoms with Crippen LogP contribution in [0.15, 0.2) is 6.07 Å². The molecule has 5 nitrogen and oxygen atoms in total. The summed E-state index contributed by atoms with van der Waals surface area (Å²) in [6, 6.07) is 0.602. The van der Waals surface area contributed by atoms with Crippen LogP contribution < -0.4 is 4.74 Å². The van der Waals surface area contributed by atoms with Gasteiger partial charge in [0.15, 0.2) is 17.2 Å². The van der Waals surface area contributed by atoms with Gasteiger partial charge < -0.3 is 14.6 Å². The second-order valence-corrected chi connectivity index (χ2v) is 3.24.